The van der Waals surface area contributed by atoms with Gasteiger partial charge < -0.3 is 10.0 Å². The average molecular weight is 330 g/mol. The van der Waals surface area contributed by atoms with Crippen molar-refractivity contribution < 1.29 is 9.90 Å². The maximum atomic E-state index is 12.3. The van der Waals surface area contributed by atoms with Gasteiger partial charge in [-0.2, -0.15) is 0 Å². The third-order valence-electron chi connectivity index (χ3n) is 4.24. The van der Waals surface area contributed by atoms with Crippen LogP contribution in [0.1, 0.15) is 37.7 Å². The maximum absolute atomic E-state index is 12.3. The van der Waals surface area contributed by atoms with Gasteiger partial charge in [0.1, 0.15) is 0 Å². The Bertz CT molecular complexity index is 487. The molecule has 0 aromatic heterocycles. The summed E-state index contributed by atoms with van der Waals surface area (Å²) in [4.78, 5) is 14.0. The molecule has 0 bridgehead atoms. The number of hydrogen-bond donors (Lipinski definition) is 1. The number of likely N-dealkylation sites (N-methyl/N-ethyl adjacent to an activating group) is 1. The molecule has 1 aliphatic rings. The first-order valence-corrected chi connectivity index (χ1v) is 8.13. The van der Waals surface area contributed by atoms with Gasteiger partial charge in [-0.05, 0) is 37.0 Å². The monoisotopic (exact) mass is 329 g/mol. The van der Waals surface area contributed by atoms with Crippen LogP contribution in [0.4, 0.5) is 0 Å². The van der Waals surface area contributed by atoms with Crippen molar-refractivity contribution >= 4 is 29.1 Å². The van der Waals surface area contributed by atoms with Crippen LogP contribution < -0.4 is 0 Å². The minimum atomic E-state index is -0.406. The van der Waals surface area contributed by atoms with E-state index < -0.39 is 6.10 Å². The highest BCUT2D eigenvalue weighted by molar-refractivity contribution is 6.36. The lowest BCUT2D eigenvalue weighted by Gasteiger charge is -2.35. The van der Waals surface area contributed by atoms with Gasteiger partial charge in [-0.3, -0.25) is 4.79 Å². The molecular formula is C16H21Cl2NO2. The lowest BCUT2D eigenvalue weighted by atomic mass is 9.91. The zero-order valence-electron chi connectivity index (χ0n) is 12.2. The van der Waals surface area contributed by atoms with Crippen molar-refractivity contribution in [2.24, 2.45) is 0 Å². The standard InChI is InChI=1S/C16H21Cl2NO2/c1-19(14-7-2-3-8-15(14)20)16(21)10-9-11-12(17)5-4-6-13(11)18/h4-6,14-15,20H,2-3,7-10H2,1H3/t14-,15-/m1/s1. The minimum absolute atomic E-state index is 0.0249. The summed E-state index contributed by atoms with van der Waals surface area (Å²) in [5, 5.41) is 11.2. The fourth-order valence-corrected chi connectivity index (χ4v) is 3.49. The third kappa shape index (κ3) is 4.12. The van der Waals surface area contributed by atoms with Crippen LogP contribution in [-0.2, 0) is 11.2 Å². The van der Waals surface area contributed by atoms with Crippen LogP contribution in [0, 0.1) is 0 Å². The van der Waals surface area contributed by atoms with Gasteiger partial charge in [0.15, 0.2) is 0 Å². The number of carbonyl (C=O) groups is 1. The Hall–Kier alpha value is -0.770. The van der Waals surface area contributed by atoms with E-state index in [2.05, 4.69) is 0 Å². The van der Waals surface area contributed by atoms with Crippen molar-refractivity contribution in [1.82, 2.24) is 4.90 Å². The van der Waals surface area contributed by atoms with Crippen molar-refractivity contribution in [3.63, 3.8) is 0 Å². The number of carbonyl (C=O) groups excluding carboxylic acids is 1. The molecule has 0 aliphatic heterocycles. The second-order valence-electron chi connectivity index (χ2n) is 5.62. The topological polar surface area (TPSA) is 40.5 Å². The molecular weight excluding hydrogens is 309 g/mol. The first-order chi connectivity index (χ1) is 10.0. The van der Waals surface area contributed by atoms with Gasteiger partial charge in [0.05, 0.1) is 12.1 Å². The van der Waals surface area contributed by atoms with E-state index in [0.29, 0.717) is 22.9 Å². The molecule has 21 heavy (non-hydrogen) atoms. The first-order valence-electron chi connectivity index (χ1n) is 7.37. The van der Waals surface area contributed by atoms with Crippen LogP contribution in [0.2, 0.25) is 10.0 Å². The van der Waals surface area contributed by atoms with Gasteiger partial charge >= 0.3 is 0 Å². The Kier molecular flexibility index (Phi) is 5.91. The number of hydrogen-bond acceptors (Lipinski definition) is 2. The smallest absolute Gasteiger partial charge is 0.222 e. The summed E-state index contributed by atoms with van der Waals surface area (Å²) in [6.07, 6.45) is 4.21. The average Bonchev–Trinajstić information content (AvgIpc) is 2.46. The molecule has 1 aromatic carbocycles. The predicted molar refractivity (Wildman–Crippen MR) is 85.8 cm³/mol. The molecule has 0 saturated heterocycles. The number of rotatable bonds is 4. The number of halogens is 2. The summed E-state index contributed by atoms with van der Waals surface area (Å²) in [5.41, 5.74) is 0.812. The maximum Gasteiger partial charge on any atom is 0.222 e. The zero-order valence-corrected chi connectivity index (χ0v) is 13.7. The van der Waals surface area contributed by atoms with E-state index in [0.717, 1.165) is 31.2 Å². The highest BCUT2D eigenvalue weighted by Crippen LogP contribution is 2.27. The number of amides is 1. The molecule has 0 radical (unpaired) electrons. The Labute approximate surface area is 135 Å². The molecule has 5 heteroatoms. The van der Waals surface area contributed by atoms with Gasteiger partial charge in [0, 0.05) is 23.5 Å². The molecule has 1 N–H and O–H groups in total. The Balaban J connectivity index is 1.95. The van der Waals surface area contributed by atoms with E-state index >= 15 is 0 Å². The lowest BCUT2D eigenvalue weighted by molar-refractivity contribution is -0.135. The van der Waals surface area contributed by atoms with Crippen LogP contribution in [0.3, 0.4) is 0 Å². The second-order valence-corrected chi connectivity index (χ2v) is 6.44. The molecule has 1 saturated carbocycles. The summed E-state index contributed by atoms with van der Waals surface area (Å²) < 4.78 is 0. The third-order valence-corrected chi connectivity index (χ3v) is 4.94. The highest BCUT2D eigenvalue weighted by atomic mass is 35.5. The molecule has 116 valence electrons. The van der Waals surface area contributed by atoms with Crippen molar-refractivity contribution in [2.75, 3.05) is 7.05 Å². The molecule has 1 amide bonds. The van der Waals surface area contributed by atoms with Crippen LogP contribution in [0.5, 0.6) is 0 Å². The zero-order chi connectivity index (χ0) is 15.4. The summed E-state index contributed by atoms with van der Waals surface area (Å²) >= 11 is 12.2. The van der Waals surface area contributed by atoms with Gasteiger partial charge in [-0.1, -0.05) is 42.1 Å². The summed E-state index contributed by atoms with van der Waals surface area (Å²) in [5.74, 6) is 0.0249. The number of aliphatic hydroxyl groups excluding tert-OH is 1. The molecule has 3 nitrogen and oxygen atoms in total. The summed E-state index contributed by atoms with van der Waals surface area (Å²) in [6, 6.07) is 5.29. The fourth-order valence-electron chi connectivity index (χ4n) is 2.91. The van der Waals surface area contributed by atoms with Crippen molar-refractivity contribution in [1.29, 1.82) is 0 Å². The Morgan fingerprint density at radius 3 is 2.52 bits per heavy atom. The van der Waals surface area contributed by atoms with Crippen molar-refractivity contribution in [2.45, 2.75) is 50.7 Å². The number of aliphatic hydroxyl groups is 1. The van der Waals surface area contributed by atoms with Gasteiger partial charge in [0.2, 0.25) is 5.91 Å². The normalized spacial score (nSPS) is 22.1. The first kappa shape index (κ1) is 16.6. The Morgan fingerprint density at radius 2 is 1.90 bits per heavy atom. The second kappa shape index (κ2) is 7.48. The number of benzene rings is 1. The quantitative estimate of drug-likeness (QED) is 0.915. The van der Waals surface area contributed by atoms with E-state index in [-0.39, 0.29) is 11.9 Å². The molecule has 1 fully saturated rings. The van der Waals surface area contributed by atoms with E-state index in [4.69, 9.17) is 23.2 Å². The molecule has 1 aromatic rings. The van der Waals surface area contributed by atoms with Crippen LogP contribution in [0.25, 0.3) is 0 Å². The van der Waals surface area contributed by atoms with E-state index in [1.54, 1.807) is 30.1 Å². The largest absolute Gasteiger partial charge is 0.391 e. The van der Waals surface area contributed by atoms with Crippen LogP contribution >= 0.6 is 23.2 Å². The van der Waals surface area contributed by atoms with E-state index in [1.807, 2.05) is 0 Å². The van der Waals surface area contributed by atoms with Crippen LogP contribution in [0.15, 0.2) is 18.2 Å². The molecule has 2 atom stereocenters. The van der Waals surface area contributed by atoms with Crippen LogP contribution in [-0.4, -0.2) is 35.1 Å². The molecule has 0 spiro atoms. The molecule has 0 unspecified atom stereocenters. The fraction of sp³-hybridized carbons (Fsp3) is 0.562. The predicted octanol–water partition coefficient (Wildman–Crippen LogP) is 3.69. The molecule has 0 heterocycles. The van der Waals surface area contributed by atoms with Gasteiger partial charge in [0.25, 0.3) is 0 Å². The van der Waals surface area contributed by atoms with Gasteiger partial charge in [-0.15, -0.1) is 0 Å². The molecule has 2 rings (SSSR count). The number of nitrogens with zero attached hydrogens (tertiary/aromatic N) is 1. The van der Waals surface area contributed by atoms with Crippen molar-refractivity contribution in [3.8, 4) is 0 Å². The Morgan fingerprint density at radius 1 is 1.29 bits per heavy atom. The SMILES string of the molecule is CN(C(=O)CCc1c(Cl)cccc1Cl)[C@@H]1CCCC[C@H]1O. The lowest BCUT2D eigenvalue weighted by Crippen LogP contribution is -2.46. The molecule has 1 aliphatic carbocycles. The van der Waals surface area contributed by atoms with E-state index in [1.165, 1.54) is 0 Å². The highest BCUT2D eigenvalue weighted by Gasteiger charge is 2.29. The summed E-state index contributed by atoms with van der Waals surface area (Å²) in [6.45, 7) is 0. The summed E-state index contributed by atoms with van der Waals surface area (Å²) in [7, 11) is 1.77. The van der Waals surface area contributed by atoms with Gasteiger partial charge in [-0.25, -0.2) is 0 Å². The van der Waals surface area contributed by atoms with E-state index in [9.17, 15) is 9.90 Å². The van der Waals surface area contributed by atoms with Crippen molar-refractivity contribution in [3.05, 3.63) is 33.8 Å². The minimum Gasteiger partial charge on any atom is -0.391 e.